The molecule has 0 saturated carbocycles. The lowest BCUT2D eigenvalue weighted by atomic mass is 9.89. The van der Waals surface area contributed by atoms with E-state index in [0.717, 1.165) is 5.56 Å². The molecule has 2 amide bonds. The van der Waals surface area contributed by atoms with Crippen LogP contribution in [0.5, 0.6) is 0 Å². The zero-order valence-electron chi connectivity index (χ0n) is 17.3. The quantitative estimate of drug-likeness (QED) is 0.611. The van der Waals surface area contributed by atoms with Crippen LogP contribution in [0.15, 0.2) is 48.8 Å². The van der Waals surface area contributed by atoms with Gasteiger partial charge >= 0.3 is 0 Å². The van der Waals surface area contributed by atoms with Gasteiger partial charge in [-0.25, -0.2) is 13.9 Å². The van der Waals surface area contributed by atoms with Crippen LogP contribution in [0.3, 0.4) is 0 Å². The van der Waals surface area contributed by atoms with Crippen molar-refractivity contribution in [1.82, 2.24) is 24.4 Å². The number of nitrogens with zero attached hydrogens (tertiary/aromatic N) is 5. The van der Waals surface area contributed by atoms with Crippen molar-refractivity contribution < 1.29 is 23.9 Å². The molecule has 0 unspecified atom stereocenters. The summed E-state index contributed by atoms with van der Waals surface area (Å²) in [4.78, 5) is 41.6. The molecular formula is C22H22FN5O4. The van der Waals surface area contributed by atoms with E-state index >= 15 is 0 Å². The molecule has 9 nitrogen and oxygen atoms in total. The molecule has 4 heterocycles. The lowest BCUT2D eigenvalue weighted by molar-refractivity contribution is -0.130. The minimum absolute atomic E-state index is 0.0301. The standard InChI is InChI=1S/C21H20FN5O2.CH2O2/c1-13(28)26-11-15-10-25(12-17(15)20(26)14-4-2-5-16(22)8-14)21(29)18-9-23-19-6-3-7-24-27(18)19;2-1-3/h2-9,15,17,20H,10-12H2,1H3;1H,(H,2,3)/t15-,17-,20-;/m1./s1. The van der Waals surface area contributed by atoms with Crippen molar-refractivity contribution in [2.24, 2.45) is 11.8 Å². The zero-order valence-corrected chi connectivity index (χ0v) is 17.3. The smallest absolute Gasteiger partial charge is 0.290 e. The Labute approximate surface area is 183 Å². The summed E-state index contributed by atoms with van der Waals surface area (Å²) in [5.74, 6) is -0.257. The predicted molar refractivity (Wildman–Crippen MR) is 111 cm³/mol. The highest BCUT2D eigenvalue weighted by Gasteiger charge is 2.49. The molecule has 2 saturated heterocycles. The summed E-state index contributed by atoms with van der Waals surface area (Å²) in [5.41, 5.74) is 1.82. The van der Waals surface area contributed by atoms with Gasteiger partial charge in [0.05, 0.1) is 12.2 Å². The van der Waals surface area contributed by atoms with Crippen molar-refractivity contribution in [3.8, 4) is 0 Å². The Morgan fingerprint density at radius 1 is 1.19 bits per heavy atom. The van der Waals surface area contributed by atoms with Crippen molar-refractivity contribution in [2.45, 2.75) is 13.0 Å². The number of carboxylic acid groups (broad SMARTS) is 1. The third-order valence-electron chi connectivity index (χ3n) is 6.04. The Morgan fingerprint density at radius 2 is 1.97 bits per heavy atom. The van der Waals surface area contributed by atoms with Crippen LogP contribution in [0, 0.1) is 17.7 Å². The summed E-state index contributed by atoms with van der Waals surface area (Å²) in [6.45, 7) is 2.92. The summed E-state index contributed by atoms with van der Waals surface area (Å²) in [6.07, 6.45) is 3.17. The summed E-state index contributed by atoms with van der Waals surface area (Å²) < 4.78 is 15.4. The van der Waals surface area contributed by atoms with Crippen molar-refractivity contribution in [3.05, 3.63) is 65.9 Å². The highest BCUT2D eigenvalue weighted by molar-refractivity contribution is 5.93. The van der Waals surface area contributed by atoms with Gasteiger partial charge in [-0.15, -0.1) is 0 Å². The van der Waals surface area contributed by atoms with Crippen molar-refractivity contribution in [1.29, 1.82) is 0 Å². The number of imidazole rings is 1. The van der Waals surface area contributed by atoms with Gasteiger partial charge in [-0.1, -0.05) is 12.1 Å². The second-order valence-corrected chi connectivity index (χ2v) is 7.85. The van der Waals surface area contributed by atoms with E-state index in [0.29, 0.717) is 31.0 Å². The molecule has 0 bridgehead atoms. The van der Waals surface area contributed by atoms with Crippen LogP contribution in [-0.4, -0.2) is 67.4 Å². The van der Waals surface area contributed by atoms with E-state index in [9.17, 15) is 14.0 Å². The monoisotopic (exact) mass is 439 g/mol. The minimum Gasteiger partial charge on any atom is -0.483 e. The Hall–Kier alpha value is -3.82. The molecule has 32 heavy (non-hydrogen) atoms. The molecule has 2 aliphatic rings. The first-order valence-electron chi connectivity index (χ1n) is 10.1. The first kappa shape index (κ1) is 21.4. The zero-order chi connectivity index (χ0) is 22.8. The molecule has 3 atom stereocenters. The first-order chi connectivity index (χ1) is 15.4. The first-order valence-corrected chi connectivity index (χ1v) is 10.1. The summed E-state index contributed by atoms with van der Waals surface area (Å²) in [5, 5.41) is 11.1. The number of hydrogen-bond donors (Lipinski definition) is 1. The molecule has 2 aliphatic heterocycles. The molecule has 0 spiro atoms. The predicted octanol–water partition coefficient (Wildman–Crippen LogP) is 1.86. The maximum atomic E-state index is 13.8. The van der Waals surface area contributed by atoms with Gasteiger partial charge in [0.2, 0.25) is 5.91 Å². The number of benzene rings is 1. The highest BCUT2D eigenvalue weighted by Crippen LogP contribution is 2.45. The molecule has 10 heteroatoms. The van der Waals surface area contributed by atoms with E-state index in [-0.39, 0.29) is 42.0 Å². The Balaban J connectivity index is 0.000000775. The van der Waals surface area contributed by atoms with Crippen LogP contribution in [0.25, 0.3) is 5.65 Å². The molecular weight excluding hydrogens is 417 g/mol. The van der Waals surface area contributed by atoms with E-state index in [4.69, 9.17) is 9.90 Å². The molecule has 3 aromatic rings. The number of likely N-dealkylation sites (tertiary alicyclic amines) is 2. The van der Waals surface area contributed by atoms with Crippen molar-refractivity contribution in [3.63, 3.8) is 0 Å². The summed E-state index contributed by atoms with van der Waals surface area (Å²) in [7, 11) is 0. The Kier molecular flexibility index (Phi) is 5.85. The molecule has 1 aromatic carbocycles. The van der Waals surface area contributed by atoms with Gasteiger partial charge in [-0.05, 0) is 29.8 Å². The van der Waals surface area contributed by atoms with Crippen molar-refractivity contribution in [2.75, 3.05) is 19.6 Å². The lowest BCUT2D eigenvalue weighted by Gasteiger charge is -2.29. The average Bonchev–Trinajstić information content (AvgIpc) is 3.46. The number of rotatable bonds is 2. The summed E-state index contributed by atoms with van der Waals surface area (Å²) in [6, 6.07) is 9.75. The number of hydrogen-bond acceptors (Lipinski definition) is 5. The normalized spacial score (nSPS) is 21.8. The Bertz CT molecular complexity index is 1170. The van der Waals surface area contributed by atoms with E-state index in [2.05, 4.69) is 10.1 Å². The number of aromatic nitrogens is 3. The minimum atomic E-state index is -0.322. The van der Waals surface area contributed by atoms with Gasteiger partial charge in [0, 0.05) is 44.6 Å². The second-order valence-electron chi connectivity index (χ2n) is 7.85. The third kappa shape index (κ3) is 3.79. The lowest BCUT2D eigenvalue weighted by Crippen LogP contribution is -2.37. The molecule has 2 aromatic heterocycles. The van der Waals surface area contributed by atoms with E-state index < -0.39 is 0 Å². The number of halogens is 1. The van der Waals surface area contributed by atoms with Crippen LogP contribution in [-0.2, 0) is 9.59 Å². The van der Waals surface area contributed by atoms with Crippen molar-refractivity contribution >= 4 is 23.9 Å². The van der Waals surface area contributed by atoms with Crippen LogP contribution in [0.2, 0.25) is 0 Å². The third-order valence-corrected chi connectivity index (χ3v) is 6.04. The maximum absolute atomic E-state index is 13.8. The van der Waals surface area contributed by atoms with Gasteiger partial charge < -0.3 is 14.9 Å². The number of carbonyl (C=O) groups excluding carboxylic acids is 2. The number of amides is 2. The topological polar surface area (TPSA) is 108 Å². The summed E-state index contributed by atoms with van der Waals surface area (Å²) >= 11 is 0. The fourth-order valence-corrected chi connectivity index (χ4v) is 4.79. The molecule has 2 fully saturated rings. The van der Waals surface area contributed by atoms with Gasteiger partial charge in [0.1, 0.15) is 5.82 Å². The molecule has 0 aliphatic carbocycles. The van der Waals surface area contributed by atoms with E-state index in [1.54, 1.807) is 46.9 Å². The van der Waals surface area contributed by atoms with Gasteiger partial charge in [0.15, 0.2) is 11.3 Å². The number of carbonyl (C=O) groups is 3. The second kappa shape index (κ2) is 8.74. The van der Waals surface area contributed by atoms with E-state index in [1.807, 2.05) is 11.0 Å². The van der Waals surface area contributed by atoms with Gasteiger partial charge in [-0.2, -0.15) is 5.10 Å². The average molecular weight is 439 g/mol. The van der Waals surface area contributed by atoms with Crippen LogP contribution < -0.4 is 0 Å². The fourth-order valence-electron chi connectivity index (χ4n) is 4.79. The van der Waals surface area contributed by atoms with Gasteiger partial charge in [0.25, 0.3) is 12.4 Å². The Morgan fingerprint density at radius 3 is 2.69 bits per heavy atom. The SMILES string of the molecule is CC(=O)N1C[C@H]2CN(C(=O)c3cnc4cccnn34)C[C@H]2[C@H]1c1cccc(F)c1.O=CO. The number of fused-ring (bicyclic) bond motifs is 2. The molecule has 1 N–H and O–H groups in total. The maximum Gasteiger partial charge on any atom is 0.290 e. The van der Waals surface area contributed by atoms with Crippen LogP contribution >= 0.6 is 0 Å². The van der Waals surface area contributed by atoms with E-state index in [1.165, 1.54) is 12.1 Å². The molecule has 0 radical (unpaired) electrons. The molecule has 166 valence electrons. The highest BCUT2D eigenvalue weighted by atomic mass is 19.1. The molecule has 5 rings (SSSR count). The van der Waals surface area contributed by atoms with Crippen LogP contribution in [0.1, 0.15) is 29.0 Å². The fraction of sp³-hybridized carbons (Fsp3) is 0.318. The largest absolute Gasteiger partial charge is 0.483 e. The van der Waals surface area contributed by atoms with Gasteiger partial charge in [-0.3, -0.25) is 14.4 Å². The van der Waals surface area contributed by atoms with Crippen LogP contribution in [0.4, 0.5) is 4.39 Å².